The van der Waals surface area contributed by atoms with Gasteiger partial charge in [0.1, 0.15) is 0 Å². The van der Waals surface area contributed by atoms with E-state index in [1.54, 1.807) is 0 Å². The van der Waals surface area contributed by atoms with Gasteiger partial charge in [-0.05, 0) is 37.8 Å². The second-order valence-corrected chi connectivity index (χ2v) is 5.66. The van der Waals surface area contributed by atoms with E-state index in [0.717, 1.165) is 19.5 Å². The molecule has 0 unspecified atom stereocenters. The standard InChI is InChI=1S/C14H31N.C3H9N/c1-4-14(5-2,6-3)12-10-8-7-9-11-13-15;1-2-3-4/h4-13,15H2,1-3H3;2-4H2,1H3. The molecule has 0 aromatic rings. The summed E-state index contributed by atoms with van der Waals surface area (Å²) in [5.74, 6) is 0. The van der Waals surface area contributed by atoms with Gasteiger partial charge in [-0.3, -0.25) is 0 Å². The average molecular weight is 273 g/mol. The van der Waals surface area contributed by atoms with E-state index >= 15 is 0 Å². The summed E-state index contributed by atoms with van der Waals surface area (Å²) in [5.41, 5.74) is 11.2. The highest BCUT2D eigenvalue weighted by Gasteiger charge is 2.22. The Balaban J connectivity index is 0. The van der Waals surface area contributed by atoms with Crippen LogP contribution in [0.2, 0.25) is 0 Å². The van der Waals surface area contributed by atoms with E-state index in [4.69, 9.17) is 11.5 Å². The van der Waals surface area contributed by atoms with Gasteiger partial charge in [0.15, 0.2) is 0 Å². The Morgan fingerprint density at radius 3 is 1.42 bits per heavy atom. The molecule has 19 heavy (non-hydrogen) atoms. The van der Waals surface area contributed by atoms with Crippen LogP contribution < -0.4 is 11.5 Å². The Bertz CT molecular complexity index is 143. The van der Waals surface area contributed by atoms with E-state index in [1.165, 1.54) is 57.8 Å². The number of hydrogen-bond donors (Lipinski definition) is 2. The van der Waals surface area contributed by atoms with Gasteiger partial charge < -0.3 is 11.5 Å². The molecule has 4 N–H and O–H groups in total. The molecule has 2 nitrogen and oxygen atoms in total. The van der Waals surface area contributed by atoms with Crippen LogP contribution in [0.4, 0.5) is 0 Å². The van der Waals surface area contributed by atoms with Crippen LogP contribution in [0.1, 0.15) is 91.9 Å². The minimum atomic E-state index is 0.647. The van der Waals surface area contributed by atoms with Crippen LogP contribution in [-0.4, -0.2) is 13.1 Å². The number of nitrogens with two attached hydrogens (primary N) is 2. The third kappa shape index (κ3) is 12.7. The van der Waals surface area contributed by atoms with Crippen LogP contribution in [0, 0.1) is 5.41 Å². The molecule has 0 atom stereocenters. The molecule has 0 aromatic carbocycles. The molecule has 0 amide bonds. The summed E-state index contributed by atoms with van der Waals surface area (Å²) in [4.78, 5) is 0. The molecule has 0 aromatic heterocycles. The Kier molecular flexibility index (Phi) is 17.8. The van der Waals surface area contributed by atoms with Crippen LogP contribution in [0.15, 0.2) is 0 Å². The molecule has 0 heterocycles. The molecular weight excluding hydrogens is 232 g/mol. The predicted molar refractivity (Wildman–Crippen MR) is 89.4 cm³/mol. The summed E-state index contributed by atoms with van der Waals surface area (Å²) in [6, 6.07) is 0. The van der Waals surface area contributed by atoms with Gasteiger partial charge in [0.25, 0.3) is 0 Å². The summed E-state index contributed by atoms with van der Waals surface area (Å²) < 4.78 is 0. The van der Waals surface area contributed by atoms with E-state index in [0.29, 0.717) is 5.41 Å². The Labute approximate surface area is 122 Å². The van der Waals surface area contributed by atoms with E-state index < -0.39 is 0 Å². The zero-order chi connectivity index (χ0) is 15.0. The van der Waals surface area contributed by atoms with Gasteiger partial charge in [-0.25, -0.2) is 0 Å². The van der Waals surface area contributed by atoms with Crippen molar-refractivity contribution in [2.75, 3.05) is 13.1 Å². The predicted octanol–water partition coefficient (Wildman–Crippen LogP) is 4.86. The summed E-state index contributed by atoms with van der Waals surface area (Å²) in [6.07, 6.45) is 13.3. The normalized spacial score (nSPS) is 11.1. The third-order valence-corrected chi connectivity index (χ3v) is 4.45. The van der Waals surface area contributed by atoms with Crippen LogP contribution in [0.5, 0.6) is 0 Å². The fourth-order valence-electron chi connectivity index (χ4n) is 2.45. The second-order valence-electron chi connectivity index (χ2n) is 5.66. The minimum Gasteiger partial charge on any atom is -0.330 e. The van der Waals surface area contributed by atoms with Crippen molar-refractivity contribution in [3.8, 4) is 0 Å². The summed E-state index contributed by atoms with van der Waals surface area (Å²) in [5, 5.41) is 0. The molecule has 0 saturated carbocycles. The SMILES string of the molecule is CCC(CC)(CC)CCCCCCCN.CCCN. The molecule has 0 spiro atoms. The fraction of sp³-hybridized carbons (Fsp3) is 1.00. The van der Waals surface area contributed by atoms with Crippen LogP contribution >= 0.6 is 0 Å². The first-order valence-electron chi connectivity index (χ1n) is 8.56. The lowest BCUT2D eigenvalue weighted by atomic mass is 9.75. The smallest absolute Gasteiger partial charge is 0.00773 e. The van der Waals surface area contributed by atoms with Crippen molar-refractivity contribution < 1.29 is 0 Å². The van der Waals surface area contributed by atoms with Gasteiger partial charge in [0, 0.05) is 0 Å². The average Bonchev–Trinajstić information content (AvgIpc) is 2.48. The molecule has 0 aliphatic carbocycles. The first-order chi connectivity index (χ1) is 9.16. The fourth-order valence-corrected chi connectivity index (χ4v) is 2.45. The number of hydrogen-bond acceptors (Lipinski definition) is 2. The molecule has 0 radical (unpaired) electrons. The van der Waals surface area contributed by atoms with Gasteiger partial charge in [-0.1, -0.05) is 72.6 Å². The van der Waals surface area contributed by atoms with Gasteiger partial charge in [-0.15, -0.1) is 0 Å². The molecule has 0 fully saturated rings. The molecular formula is C17H40N2. The van der Waals surface area contributed by atoms with Crippen LogP contribution in [-0.2, 0) is 0 Å². The summed E-state index contributed by atoms with van der Waals surface area (Å²) in [6.45, 7) is 10.8. The largest absolute Gasteiger partial charge is 0.330 e. The third-order valence-electron chi connectivity index (χ3n) is 4.45. The molecule has 0 saturated heterocycles. The Morgan fingerprint density at radius 1 is 0.632 bits per heavy atom. The molecule has 0 rings (SSSR count). The highest BCUT2D eigenvalue weighted by atomic mass is 14.5. The summed E-state index contributed by atoms with van der Waals surface area (Å²) in [7, 11) is 0. The van der Waals surface area contributed by atoms with Crippen molar-refractivity contribution in [1.29, 1.82) is 0 Å². The Morgan fingerprint density at radius 2 is 1.05 bits per heavy atom. The minimum absolute atomic E-state index is 0.647. The van der Waals surface area contributed by atoms with Crippen LogP contribution in [0.25, 0.3) is 0 Å². The lowest BCUT2D eigenvalue weighted by Crippen LogP contribution is -2.17. The van der Waals surface area contributed by atoms with E-state index in [1.807, 2.05) is 0 Å². The van der Waals surface area contributed by atoms with Crippen LogP contribution in [0.3, 0.4) is 0 Å². The zero-order valence-electron chi connectivity index (χ0n) is 14.1. The monoisotopic (exact) mass is 272 g/mol. The first kappa shape index (κ1) is 21.2. The highest BCUT2D eigenvalue weighted by Crippen LogP contribution is 2.36. The lowest BCUT2D eigenvalue weighted by Gasteiger charge is -2.30. The lowest BCUT2D eigenvalue weighted by molar-refractivity contribution is 0.220. The molecule has 0 aliphatic rings. The van der Waals surface area contributed by atoms with Gasteiger partial charge >= 0.3 is 0 Å². The summed E-state index contributed by atoms with van der Waals surface area (Å²) >= 11 is 0. The second kappa shape index (κ2) is 16.0. The maximum atomic E-state index is 5.48. The molecule has 0 bridgehead atoms. The maximum absolute atomic E-state index is 5.48. The van der Waals surface area contributed by atoms with Crippen molar-refractivity contribution in [3.63, 3.8) is 0 Å². The number of unbranched alkanes of at least 4 members (excludes halogenated alkanes) is 4. The van der Waals surface area contributed by atoms with Gasteiger partial charge in [-0.2, -0.15) is 0 Å². The quantitative estimate of drug-likeness (QED) is 0.528. The van der Waals surface area contributed by atoms with E-state index in [-0.39, 0.29) is 0 Å². The zero-order valence-corrected chi connectivity index (χ0v) is 14.1. The first-order valence-corrected chi connectivity index (χ1v) is 8.56. The van der Waals surface area contributed by atoms with Crippen molar-refractivity contribution in [2.24, 2.45) is 16.9 Å². The van der Waals surface area contributed by atoms with Crippen molar-refractivity contribution in [3.05, 3.63) is 0 Å². The van der Waals surface area contributed by atoms with E-state index in [2.05, 4.69) is 27.7 Å². The van der Waals surface area contributed by atoms with Crippen molar-refractivity contribution >= 4 is 0 Å². The van der Waals surface area contributed by atoms with Gasteiger partial charge in [0.2, 0.25) is 0 Å². The Hall–Kier alpha value is -0.0800. The highest BCUT2D eigenvalue weighted by molar-refractivity contribution is 4.74. The topological polar surface area (TPSA) is 52.0 Å². The maximum Gasteiger partial charge on any atom is -0.00773 e. The molecule has 0 aliphatic heterocycles. The molecule has 2 heteroatoms. The van der Waals surface area contributed by atoms with Crippen molar-refractivity contribution in [1.82, 2.24) is 0 Å². The number of rotatable bonds is 11. The van der Waals surface area contributed by atoms with Gasteiger partial charge in [0.05, 0.1) is 0 Å². The van der Waals surface area contributed by atoms with E-state index in [9.17, 15) is 0 Å². The van der Waals surface area contributed by atoms with Crippen molar-refractivity contribution in [2.45, 2.75) is 91.9 Å². The molecule has 118 valence electrons.